The quantitative estimate of drug-likeness (QED) is 0.750. The largest absolute Gasteiger partial charge is 0.387 e. The lowest BCUT2D eigenvalue weighted by atomic mass is 9.99. The van der Waals surface area contributed by atoms with Crippen molar-refractivity contribution in [3.05, 3.63) is 72.8 Å². The van der Waals surface area contributed by atoms with Gasteiger partial charge in [0.05, 0.1) is 0 Å². The molecule has 0 bridgehead atoms. The first kappa shape index (κ1) is 13.2. The van der Waals surface area contributed by atoms with Crippen molar-refractivity contribution in [2.45, 2.75) is 6.92 Å². The Kier molecular flexibility index (Phi) is 4.19. The van der Waals surface area contributed by atoms with E-state index in [2.05, 4.69) is 48.3 Å². The second-order valence-electron chi connectivity index (χ2n) is 4.37. The zero-order valence-corrected chi connectivity index (χ0v) is 11.5. The molecular formula is C18H19N. The van der Waals surface area contributed by atoms with E-state index in [-0.39, 0.29) is 0 Å². The zero-order chi connectivity index (χ0) is 13.7. The van der Waals surface area contributed by atoms with Crippen LogP contribution in [-0.2, 0) is 0 Å². The maximum atomic E-state index is 4.15. The summed E-state index contributed by atoms with van der Waals surface area (Å²) in [5.41, 5.74) is 3.28. The number of nitrogens with one attached hydrogen (secondary N) is 1. The van der Waals surface area contributed by atoms with Gasteiger partial charge in [0, 0.05) is 23.7 Å². The molecule has 96 valence electrons. The molecule has 0 aliphatic heterocycles. The van der Waals surface area contributed by atoms with Crippen LogP contribution in [0, 0.1) is 0 Å². The number of benzene rings is 2. The van der Waals surface area contributed by atoms with Crippen LogP contribution >= 0.6 is 0 Å². The summed E-state index contributed by atoms with van der Waals surface area (Å²) in [4.78, 5) is 0. The fourth-order valence-corrected chi connectivity index (χ4v) is 2.18. The Hall–Kier alpha value is -2.28. The first-order valence-corrected chi connectivity index (χ1v) is 6.46. The minimum Gasteiger partial charge on any atom is -0.387 e. The topological polar surface area (TPSA) is 12.0 Å². The number of hydrogen-bond acceptors (Lipinski definition) is 1. The Morgan fingerprint density at radius 3 is 2.63 bits per heavy atom. The molecule has 1 heteroatoms. The Morgan fingerprint density at radius 2 is 1.89 bits per heavy atom. The molecular weight excluding hydrogens is 230 g/mol. The SMILES string of the molecule is C=C(/C=C\C=C/C)c1ccc2ccccc2c1NC. The van der Waals surface area contributed by atoms with Gasteiger partial charge >= 0.3 is 0 Å². The highest BCUT2D eigenvalue weighted by atomic mass is 14.8. The summed E-state index contributed by atoms with van der Waals surface area (Å²) >= 11 is 0. The molecule has 2 rings (SSSR count). The van der Waals surface area contributed by atoms with Gasteiger partial charge in [-0.15, -0.1) is 0 Å². The average molecular weight is 249 g/mol. The van der Waals surface area contributed by atoms with Crippen molar-refractivity contribution >= 4 is 22.0 Å². The molecule has 1 nitrogen and oxygen atoms in total. The van der Waals surface area contributed by atoms with E-state index in [0.717, 1.165) is 16.8 Å². The number of allylic oxidation sites excluding steroid dienone is 5. The Balaban J connectivity index is 2.51. The molecule has 0 aromatic heterocycles. The first-order chi connectivity index (χ1) is 9.27. The van der Waals surface area contributed by atoms with Crippen LogP contribution in [0.15, 0.2) is 67.3 Å². The van der Waals surface area contributed by atoms with Crippen LogP contribution in [-0.4, -0.2) is 7.05 Å². The lowest BCUT2D eigenvalue weighted by Crippen LogP contribution is -1.95. The van der Waals surface area contributed by atoms with Gasteiger partial charge in [0.25, 0.3) is 0 Å². The Labute approximate surface area is 115 Å². The van der Waals surface area contributed by atoms with E-state index >= 15 is 0 Å². The van der Waals surface area contributed by atoms with Gasteiger partial charge in [-0.3, -0.25) is 0 Å². The molecule has 0 amide bonds. The summed E-state index contributed by atoms with van der Waals surface area (Å²) in [6.45, 7) is 6.15. The fraction of sp³-hybridized carbons (Fsp3) is 0.111. The van der Waals surface area contributed by atoms with Crippen molar-refractivity contribution in [2.75, 3.05) is 12.4 Å². The maximum absolute atomic E-state index is 4.15. The second kappa shape index (κ2) is 6.05. The molecule has 0 aliphatic carbocycles. The van der Waals surface area contributed by atoms with Crippen LogP contribution in [0.2, 0.25) is 0 Å². The molecule has 0 spiro atoms. The van der Waals surface area contributed by atoms with Gasteiger partial charge in [0.15, 0.2) is 0 Å². The predicted octanol–water partition coefficient (Wildman–Crippen LogP) is 5.03. The minimum atomic E-state index is 1.01. The molecule has 0 saturated carbocycles. The summed E-state index contributed by atoms with van der Waals surface area (Å²) in [5, 5.41) is 5.76. The van der Waals surface area contributed by atoms with Crippen molar-refractivity contribution in [1.82, 2.24) is 0 Å². The highest BCUT2D eigenvalue weighted by Crippen LogP contribution is 2.31. The molecule has 2 aromatic carbocycles. The van der Waals surface area contributed by atoms with Crippen LogP contribution in [0.1, 0.15) is 12.5 Å². The molecule has 19 heavy (non-hydrogen) atoms. The van der Waals surface area contributed by atoms with Crippen LogP contribution in [0.4, 0.5) is 5.69 Å². The van der Waals surface area contributed by atoms with Crippen LogP contribution in [0.5, 0.6) is 0 Å². The highest BCUT2D eigenvalue weighted by Gasteiger charge is 2.06. The zero-order valence-electron chi connectivity index (χ0n) is 11.5. The number of fused-ring (bicyclic) bond motifs is 1. The normalized spacial score (nSPS) is 11.5. The van der Waals surface area contributed by atoms with E-state index in [1.54, 1.807) is 0 Å². The lowest BCUT2D eigenvalue weighted by molar-refractivity contribution is 1.51. The molecule has 0 fully saturated rings. The summed E-state index contributed by atoms with van der Waals surface area (Å²) < 4.78 is 0. The molecule has 0 saturated heterocycles. The molecule has 0 aliphatic rings. The van der Waals surface area contributed by atoms with Gasteiger partial charge < -0.3 is 5.32 Å². The number of anilines is 1. The van der Waals surface area contributed by atoms with Crippen molar-refractivity contribution < 1.29 is 0 Å². The van der Waals surface area contributed by atoms with Gasteiger partial charge in [-0.05, 0) is 17.9 Å². The standard InChI is InChI=1S/C18H19N/c1-4-5-6-9-14(2)16-13-12-15-10-7-8-11-17(15)18(16)19-3/h4-13,19H,2H2,1,3H3/b5-4-,9-6-. The van der Waals surface area contributed by atoms with E-state index in [9.17, 15) is 0 Å². The van der Waals surface area contributed by atoms with Gasteiger partial charge in [-0.2, -0.15) is 0 Å². The molecule has 0 radical (unpaired) electrons. The predicted molar refractivity (Wildman–Crippen MR) is 86.5 cm³/mol. The third kappa shape index (κ3) is 2.76. The summed E-state index contributed by atoms with van der Waals surface area (Å²) in [6.07, 6.45) is 8.05. The van der Waals surface area contributed by atoms with Crippen molar-refractivity contribution in [1.29, 1.82) is 0 Å². The summed E-state index contributed by atoms with van der Waals surface area (Å²) in [6, 6.07) is 12.6. The maximum Gasteiger partial charge on any atom is 0.0496 e. The van der Waals surface area contributed by atoms with Crippen molar-refractivity contribution in [2.24, 2.45) is 0 Å². The molecule has 0 atom stereocenters. The smallest absolute Gasteiger partial charge is 0.0496 e. The highest BCUT2D eigenvalue weighted by molar-refractivity contribution is 6.00. The van der Waals surface area contributed by atoms with E-state index < -0.39 is 0 Å². The molecule has 0 unspecified atom stereocenters. The van der Waals surface area contributed by atoms with Crippen LogP contribution in [0.3, 0.4) is 0 Å². The Bertz CT molecular complexity index is 648. The van der Waals surface area contributed by atoms with Crippen molar-refractivity contribution in [3.8, 4) is 0 Å². The van der Waals surface area contributed by atoms with Gasteiger partial charge in [-0.1, -0.05) is 67.3 Å². The van der Waals surface area contributed by atoms with E-state index in [1.807, 2.05) is 38.3 Å². The van der Waals surface area contributed by atoms with E-state index in [0.29, 0.717) is 0 Å². The monoisotopic (exact) mass is 249 g/mol. The van der Waals surface area contributed by atoms with Crippen molar-refractivity contribution in [3.63, 3.8) is 0 Å². The number of rotatable bonds is 4. The second-order valence-corrected chi connectivity index (χ2v) is 4.37. The van der Waals surface area contributed by atoms with Crippen LogP contribution in [0.25, 0.3) is 16.3 Å². The first-order valence-electron chi connectivity index (χ1n) is 6.46. The summed E-state index contributed by atoms with van der Waals surface area (Å²) in [5.74, 6) is 0. The van der Waals surface area contributed by atoms with Gasteiger partial charge in [-0.25, -0.2) is 0 Å². The molecule has 0 heterocycles. The third-order valence-electron chi connectivity index (χ3n) is 3.13. The fourth-order valence-electron chi connectivity index (χ4n) is 2.18. The number of hydrogen-bond donors (Lipinski definition) is 1. The average Bonchev–Trinajstić information content (AvgIpc) is 2.46. The van der Waals surface area contributed by atoms with Gasteiger partial charge in [0.2, 0.25) is 0 Å². The summed E-state index contributed by atoms with van der Waals surface area (Å²) in [7, 11) is 1.95. The lowest BCUT2D eigenvalue weighted by Gasteiger charge is -2.12. The van der Waals surface area contributed by atoms with E-state index in [4.69, 9.17) is 0 Å². The van der Waals surface area contributed by atoms with E-state index in [1.165, 1.54) is 10.8 Å². The molecule has 1 N–H and O–H groups in total. The third-order valence-corrected chi connectivity index (χ3v) is 3.13. The van der Waals surface area contributed by atoms with Crippen LogP contribution < -0.4 is 5.32 Å². The minimum absolute atomic E-state index is 1.01. The molecule has 2 aromatic rings. The van der Waals surface area contributed by atoms with Gasteiger partial charge in [0.1, 0.15) is 0 Å². The Morgan fingerprint density at radius 1 is 1.11 bits per heavy atom.